The minimum absolute atomic E-state index is 0.242. The number of unbranched alkanes of at least 4 members (excludes halogenated alkanes) is 1. The van der Waals surface area contributed by atoms with Gasteiger partial charge in [0.2, 0.25) is 0 Å². The van der Waals surface area contributed by atoms with Crippen LogP contribution in [0.2, 0.25) is 0 Å². The van der Waals surface area contributed by atoms with Gasteiger partial charge in [0.1, 0.15) is 23.2 Å². The zero-order valence-electron chi connectivity index (χ0n) is 17.8. The van der Waals surface area contributed by atoms with Crippen LogP contribution in [0, 0.1) is 5.92 Å². The maximum atomic E-state index is 11.8. The van der Waals surface area contributed by atoms with Crippen LogP contribution in [0.15, 0.2) is 91.0 Å². The number of hydrogen-bond donors (Lipinski definition) is 1. The van der Waals surface area contributed by atoms with Crippen molar-refractivity contribution in [1.82, 2.24) is 0 Å². The van der Waals surface area contributed by atoms with Crippen LogP contribution in [0.3, 0.4) is 0 Å². The van der Waals surface area contributed by atoms with Gasteiger partial charge in [0.25, 0.3) is 0 Å². The van der Waals surface area contributed by atoms with Crippen LogP contribution >= 0.6 is 7.26 Å². The molecule has 30 heavy (non-hydrogen) atoms. The second kappa shape index (κ2) is 11.1. The molecule has 156 valence electrons. The number of carbonyl (C=O) groups is 1. The van der Waals surface area contributed by atoms with Gasteiger partial charge >= 0.3 is 5.97 Å². The van der Waals surface area contributed by atoms with E-state index < -0.39 is 13.2 Å². The molecule has 0 aliphatic carbocycles. The van der Waals surface area contributed by atoms with Gasteiger partial charge in [-0.2, -0.15) is 0 Å². The predicted molar refractivity (Wildman–Crippen MR) is 130 cm³/mol. The van der Waals surface area contributed by atoms with Gasteiger partial charge in [-0.05, 0) is 55.7 Å². The summed E-state index contributed by atoms with van der Waals surface area (Å²) in [4.78, 5) is 11.8. The minimum atomic E-state index is -1.86. The molecule has 0 amide bonds. The van der Waals surface area contributed by atoms with E-state index in [4.69, 9.17) is 0 Å². The van der Waals surface area contributed by atoms with E-state index in [9.17, 15) is 9.90 Å². The Labute approximate surface area is 181 Å². The molecule has 0 bridgehead atoms. The van der Waals surface area contributed by atoms with E-state index in [0.717, 1.165) is 38.3 Å². The average molecular weight is 420 g/mol. The fourth-order valence-corrected chi connectivity index (χ4v) is 8.67. The summed E-state index contributed by atoms with van der Waals surface area (Å²) in [5, 5.41) is 13.8. The fraction of sp³-hybridized carbons (Fsp3) is 0.296. The summed E-state index contributed by atoms with van der Waals surface area (Å²) in [6, 6.07) is 32.4. The summed E-state index contributed by atoms with van der Waals surface area (Å²) in [5.41, 5.74) is 0. The van der Waals surface area contributed by atoms with Crippen LogP contribution in [0.25, 0.3) is 0 Å². The molecule has 0 aliphatic rings. The highest BCUT2D eigenvalue weighted by Crippen LogP contribution is 2.56. The van der Waals surface area contributed by atoms with Crippen LogP contribution in [0.1, 0.15) is 39.0 Å². The lowest BCUT2D eigenvalue weighted by atomic mass is 9.97. The monoisotopic (exact) mass is 419 g/mol. The van der Waals surface area contributed by atoms with E-state index in [0.29, 0.717) is 0 Å². The van der Waals surface area contributed by atoms with Crippen molar-refractivity contribution in [3.05, 3.63) is 91.0 Å². The molecule has 0 spiro atoms. The molecule has 0 saturated heterocycles. The standard InChI is InChI=1S/C27H31O2P/c1-2-3-14-23(27(28)29)15-13-22-30(24-16-7-4-8-17-24,25-18-9-5-10-19-25)26-20-11-6-12-21-26/h4-12,16-21,23H,2-3,13-15,22H2,1H3/p+1. The number of carboxylic acid groups (broad SMARTS) is 1. The van der Waals surface area contributed by atoms with Gasteiger partial charge in [0, 0.05) is 0 Å². The molecule has 0 saturated carbocycles. The highest BCUT2D eigenvalue weighted by atomic mass is 31.2. The van der Waals surface area contributed by atoms with Crippen molar-refractivity contribution in [3.8, 4) is 0 Å². The van der Waals surface area contributed by atoms with Gasteiger partial charge in [0.05, 0.1) is 12.1 Å². The van der Waals surface area contributed by atoms with E-state index in [2.05, 4.69) is 97.9 Å². The highest BCUT2D eigenvalue weighted by Gasteiger charge is 2.44. The van der Waals surface area contributed by atoms with Gasteiger partial charge in [0.15, 0.2) is 0 Å². The number of aliphatic carboxylic acids is 1. The molecule has 1 N–H and O–H groups in total. The Hall–Kier alpha value is -2.44. The summed E-state index contributed by atoms with van der Waals surface area (Å²) >= 11 is 0. The van der Waals surface area contributed by atoms with Crippen LogP contribution in [-0.2, 0) is 4.79 Å². The van der Waals surface area contributed by atoms with Crippen LogP contribution in [0.5, 0.6) is 0 Å². The van der Waals surface area contributed by atoms with Crippen LogP contribution in [0.4, 0.5) is 0 Å². The van der Waals surface area contributed by atoms with E-state index in [1.165, 1.54) is 15.9 Å². The highest BCUT2D eigenvalue weighted by molar-refractivity contribution is 7.95. The summed E-state index contributed by atoms with van der Waals surface area (Å²) in [7, 11) is -1.86. The molecule has 0 radical (unpaired) electrons. The number of hydrogen-bond acceptors (Lipinski definition) is 1. The zero-order chi connectivity index (χ0) is 21.2. The van der Waals surface area contributed by atoms with Crippen molar-refractivity contribution in [1.29, 1.82) is 0 Å². The summed E-state index contributed by atoms with van der Waals surface area (Å²) in [6.45, 7) is 2.12. The van der Waals surface area contributed by atoms with Crippen molar-refractivity contribution < 1.29 is 9.90 Å². The van der Waals surface area contributed by atoms with Crippen molar-refractivity contribution >= 4 is 29.1 Å². The Bertz CT molecular complexity index is 797. The Kier molecular flexibility index (Phi) is 8.22. The normalized spacial score (nSPS) is 12.4. The average Bonchev–Trinajstić information content (AvgIpc) is 2.80. The van der Waals surface area contributed by atoms with Gasteiger partial charge in [-0.1, -0.05) is 74.4 Å². The molecule has 0 aromatic heterocycles. The largest absolute Gasteiger partial charge is 0.481 e. The molecule has 3 aromatic carbocycles. The SMILES string of the molecule is CCCCC(CCC[P+](c1ccccc1)(c1ccccc1)c1ccccc1)C(=O)O. The fourth-order valence-electron chi connectivity index (χ4n) is 4.30. The summed E-state index contributed by atoms with van der Waals surface area (Å²) in [6.07, 6.45) is 5.43. The molecule has 1 atom stereocenters. The molecule has 0 aliphatic heterocycles. The topological polar surface area (TPSA) is 37.3 Å². The number of carboxylic acids is 1. The van der Waals surface area contributed by atoms with Gasteiger partial charge in [-0.25, -0.2) is 0 Å². The number of benzene rings is 3. The zero-order valence-corrected chi connectivity index (χ0v) is 18.7. The quantitative estimate of drug-likeness (QED) is 0.408. The van der Waals surface area contributed by atoms with E-state index in [1.54, 1.807) is 0 Å². The minimum Gasteiger partial charge on any atom is -0.481 e. The molecule has 0 heterocycles. The lowest BCUT2D eigenvalue weighted by Crippen LogP contribution is -2.33. The second-order valence-corrected chi connectivity index (χ2v) is 11.5. The lowest BCUT2D eigenvalue weighted by molar-refractivity contribution is -0.142. The molecule has 3 rings (SSSR count). The third-order valence-corrected chi connectivity index (χ3v) is 10.4. The van der Waals surface area contributed by atoms with Crippen LogP contribution in [-0.4, -0.2) is 17.2 Å². The van der Waals surface area contributed by atoms with Crippen molar-refractivity contribution in [3.63, 3.8) is 0 Å². The van der Waals surface area contributed by atoms with Crippen LogP contribution < -0.4 is 15.9 Å². The third-order valence-electron chi connectivity index (χ3n) is 5.89. The number of rotatable bonds is 11. The van der Waals surface area contributed by atoms with E-state index in [-0.39, 0.29) is 5.92 Å². The maximum absolute atomic E-state index is 11.8. The summed E-state index contributed by atoms with van der Waals surface area (Å²) < 4.78 is 0. The van der Waals surface area contributed by atoms with Gasteiger partial charge in [-0.15, -0.1) is 0 Å². The molecule has 3 aromatic rings. The first-order valence-electron chi connectivity index (χ1n) is 11.0. The van der Waals surface area contributed by atoms with E-state index >= 15 is 0 Å². The molecule has 3 heteroatoms. The Morgan fingerprint density at radius 2 is 1.13 bits per heavy atom. The molecule has 1 unspecified atom stereocenters. The molecular weight excluding hydrogens is 387 g/mol. The predicted octanol–water partition coefficient (Wildman–Crippen LogP) is 5.65. The Morgan fingerprint density at radius 1 is 0.733 bits per heavy atom. The molecule has 0 fully saturated rings. The van der Waals surface area contributed by atoms with Crippen molar-refractivity contribution in [2.75, 3.05) is 6.16 Å². The second-order valence-electron chi connectivity index (χ2n) is 7.86. The van der Waals surface area contributed by atoms with Gasteiger partial charge in [-0.3, -0.25) is 4.79 Å². The lowest BCUT2D eigenvalue weighted by Gasteiger charge is -2.28. The first-order chi connectivity index (χ1) is 14.7. The van der Waals surface area contributed by atoms with Crippen molar-refractivity contribution in [2.45, 2.75) is 39.0 Å². The Morgan fingerprint density at radius 3 is 1.50 bits per heavy atom. The first kappa shape index (κ1) is 22.2. The third kappa shape index (κ3) is 5.18. The molecular formula is C27H32O2P+. The summed E-state index contributed by atoms with van der Waals surface area (Å²) in [5.74, 6) is -0.888. The first-order valence-corrected chi connectivity index (χ1v) is 12.9. The Balaban J connectivity index is 2.00. The van der Waals surface area contributed by atoms with Crippen molar-refractivity contribution in [2.24, 2.45) is 5.92 Å². The van der Waals surface area contributed by atoms with Gasteiger partial charge < -0.3 is 5.11 Å². The maximum Gasteiger partial charge on any atom is 0.306 e. The van der Waals surface area contributed by atoms with E-state index in [1.807, 2.05) is 0 Å². The molecule has 2 nitrogen and oxygen atoms in total. The smallest absolute Gasteiger partial charge is 0.306 e.